The molecule has 0 aliphatic rings. The molecule has 0 radical (unpaired) electrons. The first kappa shape index (κ1) is 13.5. The Morgan fingerprint density at radius 2 is 2.24 bits per heavy atom. The summed E-state index contributed by atoms with van der Waals surface area (Å²) >= 11 is 1.17. The molecule has 0 amide bonds. The first-order chi connectivity index (χ1) is 10.1. The van der Waals surface area contributed by atoms with Gasteiger partial charge in [-0.2, -0.15) is 4.37 Å². The molecule has 0 spiro atoms. The maximum absolute atomic E-state index is 11.4. The molecule has 0 atom stereocenters. The number of fused-ring (bicyclic) bond motifs is 1. The van der Waals surface area contributed by atoms with Gasteiger partial charge in [0.15, 0.2) is 17.2 Å². The number of aryl methyl sites for hydroxylation is 2. The van der Waals surface area contributed by atoms with Crippen molar-refractivity contribution in [2.45, 2.75) is 13.8 Å². The molecule has 7 nitrogen and oxygen atoms in total. The number of rotatable bonds is 3. The van der Waals surface area contributed by atoms with Crippen molar-refractivity contribution in [1.82, 2.24) is 18.7 Å². The summed E-state index contributed by atoms with van der Waals surface area (Å²) in [6.07, 6.45) is 3.71. The van der Waals surface area contributed by atoms with Crippen LogP contribution in [0.25, 0.3) is 5.65 Å². The van der Waals surface area contributed by atoms with Crippen LogP contribution < -0.4 is 5.32 Å². The Morgan fingerprint density at radius 3 is 3.00 bits per heavy atom. The van der Waals surface area contributed by atoms with E-state index in [1.54, 1.807) is 12.3 Å². The topological polar surface area (TPSA) is 81.4 Å². The molecule has 3 aromatic rings. The molecule has 3 heterocycles. The van der Waals surface area contributed by atoms with Crippen molar-refractivity contribution < 1.29 is 9.53 Å². The highest BCUT2D eigenvalue weighted by atomic mass is 32.1. The highest BCUT2D eigenvalue weighted by Gasteiger charge is 2.13. The third kappa shape index (κ3) is 2.45. The number of imidazole rings is 1. The molecule has 3 rings (SSSR count). The van der Waals surface area contributed by atoms with E-state index in [1.165, 1.54) is 18.6 Å². The molecule has 0 fully saturated rings. The van der Waals surface area contributed by atoms with Crippen LogP contribution in [0.2, 0.25) is 0 Å². The number of ether oxygens (including phenoxy) is 1. The van der Waals surface area contributed by atoms with Gasteiger partial charge in [0.1, 0.15) is 5.00 Å². The number of esters is 1. The maximum atomic E-state index is 11.4. The lowest BCUT2D eigenvalue weighted by Gasteiger charge is -2.06. The van der Waals surface area contributed by atoms with Gasteiger partial charge in [-0.15, -0.1) is 0 Å². The summed E-state index contributed by atoms with van der Waals surface area (Å²) in [6, 6.07) is 1.63. The fourth-order valence-corrected chi connectivity index (χ4v) is 2.59. The molecule has 1 N–H and O–H groups in total. The minimum absolute atomic E-state index is 0.271. The van der Waals surface area contributed by atoms with E-state index in [0.29, 0.717) is 10.8 Å². The summed E-state index contributed by atoms with van der Waals surface area (Å²) < 4.78 is 10.6. The zero-order chi connectivity index (χ0) is 15.0. The molecular formula is C13H13N5O2S. The standard InChI is InChI=1S/C13H13N5O2S/c1-7-6-18-8(2)5-14-12(18)11(15-7)16-10-4-9(17-21-10)13(19)20-3/h4-6H,1-3H3,(H,15,16). The maximum Gasteiger partial charge on any atom is 0.357 e. The van der Waals surface area contributed by atoms with Crippen LogP contribution >= 0.6 is 11.5 Å². The van der Waals surface area contributed by atoms with Gasteiger partial charge in [-0.1, -0.05) is 0 Å². The molecule has 0 saturated carbocycles. The van der Waals surface area contributed by atoms with E-state index >= 15 is 0 Å². The van der Waals surface area contributed by atoms with Gasteiger partial charge in [-0.25, -0.2) is 14.8 Å². The Bertz CT molecular complexity index is 823. The van der Waals surface area contributed by atoms with E-state index in [4.69, 9.17) is 0 Å². The van der Waals surface area contributed by atoms with Gasteiger partial charge >= 0.3 is 5.97 Å². The number of carbonyl (C=O) groups excluding carboxylic acids is 1. The molecule has 108 valence electrons. The molecule has 0 aliphatic heterocycles. The summed E-state index contributed by atoms with van der Waals surface area (Å²) in [5, 5.41) is 3.86. The number of anilines is 2. The molecule has 0 saturated heterocycles. The third-order valence-corrected chi connectivity index (χ3v) is 3.65. The van der Waals surface area contributed by atoms with Crippen molar-refractivity contribution >= 4 is 34.0 Å². The normalized spacial score (nSPS) is 10.8. The van der Waals surface area contributed by atoms with E-state index in [0.717, 1.165) is 17.0 Å². The average Bonchev–Trinajstić information content (AvgIpc) is 3.06. The van der Waals surface area contributed by atoms with Crippen molar-refractivity contribution in [3.05, 3.63) is 35.5 Å². The largest absolute Gasteiger partial charge is 0.464 e. The summed E-state index contributed by atoms with van der Waals surface area (Å²) in [5.41, 5.74) is 2.89. The lowest BCUT2D eigenvalue weighted by atomic mass is 10.4. The molecule has 21 heavy (non-hydrogen) atoms. The van der Waals surface area contributed by atoms with Gasteiger partial charge in [0.2, 0.25) is 0 Å². The first-order valence-corrected chi connectivity index (χ1v) is 6.99. The van der Waals surface area contributed by atoms with Crippen molar-refractivity contribution in [2.75, 3.05) is 12.4 Å². The summed E-state index contributed by atoms with van der Waals surface area (Å²) in [7, 11) is 1.33. The molecule has 0 unspecified atom stereocenters. The fourth-order valence-electron chi connectivity index (χ4n) is 1.96. The SMILES string of the molecule is COC(=O)c1cc(Nc2nc(C)cn3c(C)cnc23)sn1. The summed E-state index contributed by atoms with van der Waals surface area (Å²) in [6.45, 7) is 3.89. The molecule has 3 aromatic heterocycles. The molecule has 0 bridgehead atoms. The van der Waals surface area contributed by atoms with Crippen LogP contribution in [0.5, 0.6) is 0 Å². The van der Waals surface area contributed by atoms with Gasteiger partial charge in [-0.05, 0) is 25.4 Å². The Morgan fingerprint density at radius 1 is 1.43 bits per heavy atom. The van der Waals surface area contributed by atoms with E-state index in [1.807, 2.05) is 24.4 Å². The van der Waals surface area contributed by atoms with Gasteiger partial charge in [0.05, 0.1) is 12.8 Å². The van der Waals surface area contributed by atoms with Gasteiger partial charge in [0, 0.05) is 24.2 Å². The van der Waals surface area contributed by atoms with E-state index < -0.39 is 5.97 Å². The van der Waals surface area contributed by atoms with Crippen molar-refractivity contribution in [1.29, 1.82) is 0 Å². The quantitative estimate of drug-likeness (QED) is 0.748. The minimum atomic E-state index is -0.460. The van der Waals surface area contributed by atoms with Gasteiger partial charge in [-0.3, -0.25) is 4.40 Å². The highest BCUT2D eigenvalue weighted by molar-refractivity contribution is 7.10. The highest BCUT2D eigenvalue weighted by Crippen LogP contribution is 2.24. The number of aromatic nitrogens is 4. The van der Waals surface area contributed by atoms with Gasteiger partial charge in [0.25, 0.3) is 0 Å². The summed E-state index contributed by atoms with van der Waals surface area (Å²) in [5.74, 6) is 0.168. The van der Waals surface area contributed by atoms with Crippen LogP contribution in [0.15, 0.2) is 18.5 Å². The van der Waals surface area contributed by atoms with Crippen LogP contribution in [0.3, 0.4) is 0 Å². The van der Waals surface area contributed by atoms with Crippen molar-refractivity contribution in [3.63, 3.8) is 0 Å². The summed E-state index contributed by atoms with van der Waals surface area (Å²) in [4.78, 5) is 20.2. The second-order valence-corrected chi connectivity index (χ2v) is 5.32. The van der Waals surface area contributed by atoms with Crippen LogP contribution in [0.1, 0.15) is 21.9 Å². The Hall–Kier alpha value is -2.48. The number of nitrogens with one attached hydrogen (secondary N) is 1. The monoisotopic (exact) mass is 303 g/mol. The number of methoxy groups -OCH3 is 1. The number of nitrogens with zero attached hydrogens (tertiary/aromatic N) is 4. The van der Waals surface area contributed by atoms with Gasteiger partial charge < -0.3 is 10.1 Å². The van der Waals surface area contributed by atoms with E-state index in [-0.39, 0.29) is 5.69 Å². The predicted octanol–water partition coefficient (Wildman–Crippen LogP) is 2.33. The second-order valence-electron chi connectivity index (χ2n) is 4.52. The lowest BCUT2D eigenvalue weighted by Crippen LogP contribution is -2.01. The Kier molecular flexibility index (Phi) is 3.30. The average molecular weight is 303 g/mol. The van der Waals surface area contributed by atoms with Crippen LogP contribution in [0, 0.1) is 13.8 Å². The van der Waals surface area contributed by atoms with Crippen LogP contribution in [-0.4, -0.2) is 31.8 Å². The lowest BCUT2D eigenvalue weighted by molar-refractivity contribution is 0.0595. The van der Waals surface area contributed by atoms with Crippen molar-refractivity contribution in [2.24, 2.45) is 0 Å². The van der Waals surface area contributed by atoms with E-state index in [9.17, 15) is 4.79 Å². The molecule has 8 heteroatoms. The fraction of sp³-hybridized carbons (Fsp3) is 0.231. The Balaban J connectivity index is 1.98. The molecule has 0 aliphatic carbocycles. The van der Waals surface area contributed by atoms with Crippen molar-refractivity contribution in [3.8, 4) is 0 Å². The first-order valence-electron chi connectivity index (χ1n) is 6.22. The molecule has 0 aromatic carbocycles. The molecular weight excluding hydrogens is 290 g/mol. The third-order valence-electron chi connectivity index (χ3n) is 2.94. The zero-order valence-corrected chi connectivity index (χ0v) is 12.6. The Labute approximate surface area is 124 Å². The van der Waals surface area contributed by atoms with Crippen LogP contribution in [-0.2, 0) is 4.74 Å². The second kappa shape index (κ2) is 5.13. The van der Waals surface area contributed by atoms with E-state index in [2.05, 4.69) is 24.4 Å². The minimum Gasteiger partial charge on any atom is -0.464 e. The predicted molar refractivity (Wildman–Crippen MR) is 79.2 cm³/mol. The number of hydrogen-bond acceptors (Lipinski definition) is 7. The number of hydrogen-bond donors (Lipinski definition) is 1. The number of carbonyl (C=O) groups is 1. The zero-order valence-electron chi connectivity index (χ0n) is 11.7. The van der Waals surface area contributed by atoms with Crippen LogP contribution in [0.4, 0.5) is 10.8 Å². The smallest absolute Gasteiger partial charge is 0.357 e.